The summed E-state index contributed by atoms with van der Waals surface area (Å²) < 4.78 is 5.29. The fourth-order valence-corrected chi connectivity index (χ4v) is 3.29. The highest BCUT2D eigenvalue weighted by Crippen LogP contribution is 2.40. The number of furan rings is 1. The number of allylic oxidation sites excluding steroid dienone is 1. The molecule has 0 radical (unpaired) electrons. The van der Waals surface area contributed by atoms with E-state index in [1.807, 2.05) is 18.2 Å². The van der Waals surface area contributed by atoms with Crippen LogP contribution in [-0.4, -0.2) is 5.78 Å². The van der Waals surface area contributed by atoms with Crippen molar-refractivity contribution in [2.45, 2.75) is 38.5 Å². The first-order valence-corrected chi connectivity index (χ1v) is 6.63. The Hall–Kier alpha value is -1.31. The third kappa shape index (κ3) is 2.08. The van der Waals surface area contributed by atoms with Gasteiger partial charge in [-0.3, -0.25) is 4.79 Å². The van der Waals surface area contributed by atoms with E-state index in [2.05, 4.69) is 0 Å². The molecule has 0 N–H and O–H groups in total. The van der Waals surface area contributed by atoms with E-state index in [0.29, 0.717) is 17.6 Å². The van der Waals surface area contributed by atoms with E-state index in [9.17, 15) is 4.79 Å². The fourth-order valence-electron chi connectivity index (χ4n) is 3.29. The molecule has 17 heavy (non-hydrogen) atoms. The van der Waals surface area contributed by atoms with E-state index in [0.717, 1.165) is 24.2 Å². The number of hydrogen-bond acceptors (Lipinski definition) is 2. The van der Waals surface area contributed by atoms with Crippen molar-refractivity contribution in [1.29, 1.82) is 0 Å². The maximum absolute atomic E-state index is 12.4. The van der Waals surface area contributed by atoms with Crippen molar-refractivity contribution >= 4 is 11.9 Å². The molecule has 1 aromatic rings. The summed E-state index contributed by atoms with van der Waals surface area (Å²) in [7, 11) is 0. The average molecular weight is 230 g/mol. The van der Waals surface area contributed by atoms with Gasteiger partial charge in [0.1, 0.15) is 5.76 Å². The maximum atomic E-state index is 12.4. The lowest BCUT2D eigenvalue weighted by Crippen LogP contribution is -2.32. The average Bonchev–Trinajstić information content (AvgIpc) is 2.86. The van der Waals surface area contributed by atoms with Crippen LogP contribution in [0.15, 0.2) is 28.4 Å². The van der Waals surface area contributed by atoms with Crippen LogP contribution in [0.1, 0.15) is 44.3 Å². The van der Waals surface area contributed by atoms with Crippen LogP contribution < -0.4 is 0 Å². The molecule has 2 aliphatic rings. The molecule has 0 amide bonds. The van der Waals surface area contributed by atoms with E-state index in [1.165, 1.54) is 25.7 Å². The molecule has 0 aromatic carbocycles. The van der Waals surface area contributed by atoms with Gasteiger partial charge in [-0.15, -0.1) is 0 Å². The minimum atomic E-state index is 0.304. The van der Waals surface area contributed by atoms with Crippen LogP contribution in [-0.2, 0) is 4.79 Å². The van der Waals surface area contributed by atoms with Gasteiger partial charge in [-0.2, -0.15) is 0 Å². The first-order valence-electron chi connectivity index (χ1n) is 6.63. The lowest BCUT2D eigenvalue weighted by atomic mass is 9.68. The van der Waals surface area contributed by atoms with Gasteiger partial charge >= 0.3 is 0 Å². The molecule has 2 heteroatoms. The lowest BCUT2D eigenvalue weighted by molar-refractivity contribution is -0.123. The van der Waals surface area contributed by atoms with Crippen molar-refractivity contribution in [3.8, 4) is 0 Å². The van der Waals surface area contributed by atoms with Crippen LogP contribution in [0.25, 0.3) is 6.08 Å². The zero-order valence-electron chi connectivity index (χ0n) is 10.0. The number of Topliss-reactive ketones (excluding diaryl/α,β-unsaturated/α-hetero) is 1. The molecular formula is C15H18O2. The SMILES string of the molecule is O=C1/C(=C/c2ccco2)CCC2CCCCC12. The second-order valence-electron chi connectivity index (χ2n) is 5.24. The number of fused-ring (bicyclic) bond motifs is 1. The third-order valence-corrected chi connectivity index (χ3v) is 4.21. The molecule has 0 aliphatic heterocycles. The molecule has 0 bridgehead atoms. The highest BCUT2D eigenvalue weighted by Gasteiger charge is 2.36. The summed E-state index contributed by atoms with van der Waals surface area (Å²) in [5, 5.41) is 0. The van der Waals surface area contributed by atoms with Crippen LogP contribution in [0.3, 0.4) is 0 Å². The number of ketones is 1. The Morgan fingerprint density at radius 3 is 2.94 bits per heavy atom. The molecule has 2 unspecified atom stereocenters. The molecule has 2 nitrogen and oxygen atoms in total. The monoisotopic (exact) mass is 230 g/mol. The van der Waals surface area contributed by atoms with Crippen molar-refractivity contribution in [3.05, 3.63) is 29.7 Å². The number of carbonyl (C=O) groups excluding carboxylic acids is 1. The van der Waals surface area contributed by atoms with Gasteiger partial charge in [0.2, 0.25) is 0 Å². The largest absolute Gasteiger partial charge is 0.465 e. The minimum Gasteiger partial charge on any atom is -0.465 e. The van der Waals surface area contributed by atoms with Crippen LogP contribution in [0.2, 0.25) is 0 Å². The highest BCUT2D eigenvalue weighted by molar-refractivity contribution is 6.01. The quantitative estimate of drug-likeness (QED) is 0.686. The lowest BCUT2D eigenvalue weighted by Gasteiger charge is -2.35. The van der Waals surface area contributed by atoms with Crippen molar-refractivity contribution < 1.29 is 9.21 Å². The Balaban J connectivity index is 1.82. The fraction of sp³-hybridized carbons (Fsp3) is 0.533. The molecule has 2 aliphatic carbocycles. The Labute approximate surface area is 102 Å². The number of rotatable bonds is 1. The first-order chi connectivity index (χ1) is 8.34. The summed E-state index contributed by atoms with van der Waals surface area (Å²) in [4.78, 5) is 12.4. The van der Waals surface area contributed by atoms with E-state index in [-0.39, 0.29) is 0 Å². The van der Waals surface area contributed by atoms with E-state index in [1.54, 1.807) is 6.26 Å². The maximum Gasteiger partial charge on any atom is 0.162 e. The summed E-state index contributed by atoms with van der Waals surface area (Å²) in [5.41, 5.74) is 0.975. The van der Waals surface area contributed by atoms with Crippen molar-refractivity contribution in [3.63, 3.8) is 0 Å². The summed E-state index contributed by atoms with van der Waals surface area (Å²) in [6.45, 7) is 0. The van der Waals surface area contributed by atoms with Gasteiger partial charge in [0, 0.05) is 5.92 Å². The summed E-state index contributed by atoms with van der Waals surface area (Å²) in [6, 6.07) is 3.77. The Kier molecular flexibility index (Phi) is 2.87. The van der Waals surface area contributed by atoms with Gasteiger partial charge < -0.3 is 4.42 Å². The van der Waals surface area contributed by atoms with E-state index >= 15 is 0 Å². The second-order valence-corrected chi connectivity index (χ2v) is 5.24. The predicted molar refractivity (Wildman–Crippen MR) is 66.4 cm³/mol. The molecule has 3 rings (SSSR count). The molecule has 90 valence electrons. The first kappa shape index (κ1) is 10.8. The highest BCUT2D eigenvalue weighted by atomic mass is 16.3. The van der Waals surface area contributed by atoms with Gasteiger partial charge in [-0.05, 0) is 55.4 Å². The topological polar surface area (TPSA) is 30.2 Å². The standard InChI is InChI=1S/C15H18O2/c16-15-12(10-13-5-3-9-17-13)8-7-11-4-1-2-6-14(11)15/h3,5,9-11,14H,1-2,4,6-8H2/b12-10+. The van der Waals surface area contributed by atoms with Crippen LogP contribution in [0.5, 0.6) is 0 Å². The smallest absolute Gasteiger partial charge is 0.162 e. The molecule has 0 saturated heterocycles. The van der Waals surface area contributed by atoms with Crippen LogP contribution >= 0.6 is 0 Å². The predicted octanol–water partition coefficient (Wildman–Crippen LogP) is 3.83. The number of carbonyl (C=O) groups is 1. The zero-order chi connectivity index (χ0) is 11.7. The van der Waals surface area contributed by atoms with Gasteiger partial charge in [0.15, 0.2) is 5.78 Å². The number of hydrogen-bond donors (Lipinski definition) is 0. The molecular weight excluding hydrogens is 212 g/mol. The van der Waals surface area contributed by atoms with Gasteiger partial charge in [0.05, 0.1) is 6.26 Å². The molecule has 2 saturated carbocycles. The van der Waals surface area contributed by atoms with E-state index in [4.69, 9.17) is 4.42 Å². The van der Waals surface area contributed by atoms with Gasteiger partial charge in [-0.25, -0.2) is 0 Å². The van der Waals surface area contributed by atoms with Crippen LogP contribution in [0, 0.1) is 11.8 Å². The van der Waals surface area contributed by atoms with Gasteiger partial charge in [0.25, 0.3) is 0 Å². The summed E-state index contributed by atoms with van der Waals surface area (Å²) >= 11 is 0. The Morgan fingerprint density at radius 2 is 2.12 bits per heavy atom. The summed E-state index contributed by atoms with van der Waals surface area (Å²) in [6.07, 6.45) is 10.6. The third-order valence-electron chi connectivity index (χ3n) is 4.21. The molecule has 2 fully saturated rings. The van der Waals surface area contributed by atoms with E-state index < -0.39 is 0 Å². The Bertz CT molecular complexity index is 428. The van der Waals surface area contributed by atoms with Crippen molar-refractivity contribution in [1.82, 2.24) is 0 Å². The summed E-state index contributed by atoms with van der Waals surface area (Å²) in [5.74, 6) is 2.16. The molecule has 1 aromatic heterocycles. The second kappa shape index (κ2) is 4.52. The normalized spacial score (nSPS) is 31.5. The minimum absolute atomic E-state index is 0.304. The van der Waals surface area contributed by atoms with Crippen molar-refractivity contribution in [2.24, 2.45) is 11.8 Å². The molecule has 1 heterocycles. The zero-order valence-corrected chi connectivity index (χ0v) is 10.0. The Morgan fingerprint density at radius 1 is 1.24 bits per heavy atom. The van der Waals surface area contributed by atoms with Crippen LogP contribution in [0.4, 0.5) is 0 Å². The molecule has 0 spiro atoms. The molecule has 2 atom stereocenters. The van der Waals surface area contributed by atoms with Crippen molar-refractivity contribution in [2.75, 3.05) is 0 Å². The van der Waals surface area contributed by atoms with Gasteiger partial charge in [-0.1, -0.05) is 12.8 Å².